The van der Waals surface area contributed by atoms with Crippen molar-refractivity contribution in [3.63, 3.8) is 0 Å². The van der Waals surface area contributed by atoms with Gasteiger partial charge in [-0.15, -0.1) is 0 Å². The lowest BCUT2D eigenvalue weighted by Crippen LogP contribution is -2.40. The second-order valence-electron chi connectivity index (χ2n) is 3.67. The highest BCUT2D eigenvalue weighted by atomic mass is 79.9. The second-order valence-corrected chi connectivity index (χ2v) is 5.10. The minimum atomic E-state index is 0.662. The predicted molar refractivity (Wildman–Crippen MR) is 62.6 cm³/mol. The van der Waals surface area contributed by atoms with Crippen LogP contribution in [0.2, 0.25) is 0 Å². The molecule has 0 aromatic rings. The first-order valence-electron chi connectivity index (χ1n) is 4.85. The van der Waals surface area contributed by atoms with E-state index in [0.717, 1.165) is 6.54 Å². The molecule has 0 aromatic carbocycles. The van der Waals surface area contributed by atoms with Crippen LogP contribution in [0.25, 0.3) is 0 Å². The van der Waals surface area contributed by atoms with Gasteiger partial charge in [0.05, 0.1) is 0 Å². The molecule has 0 spiro atoms. The maximum Gasteiger partial charge on any atom is 0.0301 e. The molecule has 1 aliphatic carbocycles. The van der Waals surface area contributed by atoms with Crippen LogP contribution in [0, 0.1) is 0 Å². The van der Waals surface area contributed by atoms with Crippen molar-refractivity contribution >= 4 is 27.5 Å². The molecular weight excluding hydrogens is 249 g/mol. The van der Waals surface area contributed by atoms with Crippen LogP contribution in [0.1, 0.15) is 25.7 Å². The molecule has 76 valence electrons. The van der Waals surface area contributed by atoms with Gasteiger partial charge in [-0.05, 0) is 19.9 Å². The highest BCUT2D eigenvalue weighted by Gasteiger charge is 2.25. The van der Waals surface area contributed by atoms with Crippen molar-refractivity contribution in [1.29, 1.82) is 0 Å². The number of alkyl halides is 1. The van der Waals surface area contributed by atoms with Crippen LogP contribution >= 0.6 is 27.5 Å². The zero-order chi connectivity index (χ0) is 9.68. The maximum absolute atomic E-state index is 5.50. The molecule has 3 heteroatoms. The summed E-state index contributed by atoms with van der Waals surface area (Å²) in [6.07, 6.45) is 7.34. The van der Waals surface area contributed by atoms with E-state index in [1.54, 1.807) is 5.54 Å². The number of halogens is 2. The monoisotopic (exact) mass is 265 g/mol. The molecule has 0 heterocycles. The molecular formula is C10H17BrClN. The number of rotatable bonds is 3. The van der Waals surface area contributed by atoms with E-state index < -0.39 is 0 Å². The Labute approximate surface area is 94.3 Å². The third kappa shape index (κ3) is 3.61. The van der Waals surface area contributed by atoms with E-state index in [4.69, 9.17) is 11.6 Å². The summed E-state index contributed by atoms with van der Waals surface area (Å²) in [6, 6.07) is 0.682. The van der Waals surface area contributed by atoms with Crippen LogP contribution in [0.15, 0.2) is 11.6 Å². The van der Waals surface area contributed by atoms with Crippen molar-refractivity contribution in [3.05, 3.63) is 11.6 Å². The molecule has 0 saturated heterocycles. The number of likely N-dealkylation sites (N-methyl/N-ethyl adjacent to an activating group) is 1. The second kappa shape index (κ2) is 6.05. The highest BCUT2D eigenvalue weighted by Crippen LogP contribution is 2.27. The van der Waals surface area contributed by atoms with Gasteiger partial charge in [-0.2, -0.15) is 0 Å². The topological polar surface area (TPSA) is 3.24 Å². The maximum atomic E-state index is 5.50. The zero-order valence-electron chi connectivity index (χ0n) is 8.05. The first-order valence-corrected chi connectivity index (χ1v) is 6.20. The molecule has 1 aliphatic rings. The van der Waals surface area contributed by atoms with E-state index in [0.29, 0.717) is 10.9 Å². The van der Waals surface area contributed by atoms with E-state index in [2.05, 4.69) is 27.9 Å². The fourth-order valence-corrected chi connectivity index (χ4v) is 2.98. The summed E-state index contributed by atoms with van der Waals surface area (Å²) in [5, 5.41) is 0. The average molecular weight is 267 g/mol. The van der Waals surface area contributed by atoms with E-state index in [-0.39, 0.29) is 0 Å². The van der Waals surface area contributed by atoms with Crippen LogP contribution in [-0.2, 0) is 0 Å². The lowest BCUT2D eigenvalue weighted by Gasteiger charge is -2.34. The molecule has 0 N–H and O–H groups in total. The highest BCUT2D eigenvalue weighted by molar-refractivity contribution is 9.09. The van der Waals surface area contributed by atoms with Crippen molar-refractivity contribution in [1.82, 2.24) is 4.90 Å². The summed E-state index contributed by atoms with van der Waals surface area (Å²) >= 11 is 9.25. The van der Waals surface area contributed by atoms with Gasteiger partial charge >= 0.3 is 0 Å². The van der Waals surface area contributed by atoms with Crippen molar-refractivity contribution in [2.24, 2.45) is 0 Å². The predicted octanol–water partition coefficient (Wildman–Crippen LogP) is 3.38. The van der Waals surface area contributed by atoms with Crippen LogP contribution in [0.4, 0.5) is 0 Å². The number of nitrogens with zero attached hydrogens (tertiary/aromatic N) is 1. The summed E-state index contributed by atoms with van der Waals surface area (Å²) in [6.45, 7) is 0.955. The Morgan fingerprint density at radius 1 is 1.46 bits per heavy atom. The molecule has 1 fully saturated rings. The first-order chi connectivity index (χ1) is 6.25. The van der Waals surface area contributed by atoms with E-state index in [9.17, 15) is 0 Å². The number of hydrogen-bond donors (Lipinski definition) is 0. The Morgan fingerprint density at radius 3 is 2.77 bits per heavy atom. The fourth-order valence-electron chi connectivity index (χ4n) is 1.90. The van der Waals surface area contributed by atoms with Crippen LogP contribution < -0.4 is 0 Å². The Kier molecular flexibility index (Phi) is 5.37. The molecule has 2 atom stereocenters. The summed E-state index contributed by atoms with van der Waals surface area (Å²) in [5.41, 5.74) is 1.60. The SMILES string of the molecule is CN(C/C=C/Cl)C1CCCCC1Br. The Balaban J connectivity index is 2.38. The first kappa shape index (κ1) is 11.5. The minimum absolute atomic E-state index is 0.662. The molecule has 2 unspecified atom stereocenters. The minimum Gasteiger partial charge on any atom is -0.299 e. The van der Waals surface area contributed by atoms with E-state index in [1.807, 2.05) is 6.08 Å². The smallest absolute Gasteiger partial charge is 0.0301 e. The van der Waals surface area contributed by atoms with Crippen LogP contribution in [-0.4, -0.2) is 29.4 Å². The van der Waals surface area contributed by atoms with E-state index >= 15 is 0 Å². The Morgan fingerprint density at radius 2 is 2.15 bits per heavy atom. The molecule has 13 heavy (non-hydrogen) atoms. The van der Waals surface area contributed by atoms with E-state index in [1.165, 1.54) is 25.7 Å². The third-order valence-electron chi connectivity index (χ3n) is 2.70. The lowest BCUT2D eigenvalue weighted by atomic mass is 9.94. The van der Waals surface area contributed by atoms with Gasteiger partial charge in [-0.3, -0.25) is 4.90 Å². The molecule has 0 aromatic heterocycles. The molecule has 1 saturated carbocycles. The third-order valence-corrected chi connectivity index (χ3v) is 3.94. The van der Waals surface area contributed by atoms with Gasteiger partial charge in [0, 0.05) is 22.9 Å². The quantitative estimate of drug-likeness (QED) is 0.708. The van der Waals surface area contributed by atoms with Crippen molar-refractivity contribution < 1.29 is 0 Å². The zero-order valence-corrected chi connectivity index (χ0v) is 10.4. The van der Waals surface area contributed by atoms with Crippen molar-refractivity contribution in [2.75, 3.05) is 13.6 Å². The van der Waals surface area contributed by atoms with Crippen molar-refractivity contribution in [3.8, 4) is 0 Å². The molecule has 0 bridgehead atoms. The Bertz CT molecular complexity index is 172. The summed E-state index contributed by atoms with van der Waals surface area (Å²) in [7, 11) is 2.17. The molecule has 1 rings (SSSR count). The normalized spacial score (nSPS) is 30.2. The number of hydrogen-bond acceptors (Lipinski definition) is 1. The van der Waals surface area contributed by atoms with Gasteiger partial charge in [-0.25, -0.2) is 0 Å². The van der Waals surface area contributed by atoms with Gasteiger partial charge in [-0.1, -0.05) is 46.4 Å². The average Bonchev–Trinajstić information content (AvgIpc) is 2.15. The van der Waals surface area contributed by atoms with Gasteiger partial charge in [0.2, 0.25) is 0 Å². The lowest BCUT2D eigenvalue weighted by molar-refractivity contribution is 0.218. The van der Waals surface area contributed by atoms with Gasteiger partial charge < -0.3 is 0 Å². The molecule has 0 radical (unpaired) electrons. The molecule has 0 amide bonds. The fraction of sp³-hybridized carbons (Fsp3) is 0.800. The standard InChI is InChI=1S/C10H17BrClN/c1-13(8-4-7-12)10-6-3-2-5-9(10)11/h4,7,9-10H,2-3,5-6,8H2,1H3/b7-4+. The summed E-state index contributed by atoms with van der Waals surface area (Å²) in [5.74, 6) is 0. The molecule has 0 aliphatic heterocycles. The van der Waals surface area contributed by atoms with Crippen molar-refractivity contribution in [2.45, 2.75) is 36.6 Å². The van der Waals surface area contributed by atoms with Gasteiger partial charge in [0.15, 0.2) is 0 Å². The summed E-state index contributed by atoms with van der Waals surface area (Å²) in [4.78, 5) is 3.03. The Hall–Kier alpha value is 0.470. The summed E-state index contributed by atoms with van der Waals surface area (Å²) < 4.78 is 0. The van der Waals surface area contributed by atoms with Crippen LogP contribution in [0.5, 0.6) is 0 Å². The largest absolute Gasteiger partial charge is 0.299 e. The van der Waals surface area contributed by atoms with Crippen LogP contribution in [0.3, 0.4) is 0 Å². The van der Waals surface area contributed by atoms with Gasteiger partial charge in [0.25, 0.3) is 0 Å². The van der Waals surface area contributed by atoms with Gasteiger partial charge in [0.1, 0.15) is 0 Å². The molecule has 1 nitrogen and oxygen atoms in total.